The van der Waals surface area contributed by atoms with E-state index in [1.165, 1.54) is 16.6 Å². The summed E-state index contributed by atoms with van der Waals surface area (Å²) in [4.78, 5) is 17.4. The first-order chi connectivity index (χ1) is 17.3. The van der Waals surface area contributed by atoms with E-state index in [-0.39, 0.29) is 46.8 Å². The monoisotopic (exact) mass is 550 g/mol. The van der Waals surface area contributed by atoms with Crippen LogP contribution in [-0.2, 0) is 22.2 Å². The quantitative estimate of drug-likeness (QED) is 0.503. The predicted octanol–water partition coefficient (Wildman–Crippen LogP) is 2.15. The van der Waals surface area contributed by atoms with Crippen molar-refractivity contribution >= 4 is 44.3 Å². The lowest BCUT2D eigenvalue weighted by Gasteiger charge is -2.53. The lowest BCUT2D eigenvalue weighted by Crippen LogP contribution is -2.68. The average Bonchev–Trinajstić information content (AvgIpc) is 3.19. The van der Waals surface area contributed by atoms with Crippen LogP contribution in [0.3, 0.4) is 0 Å². The molecule has 0 radical (unpaired) electrons. The van der Waals surface area contributed by atoms with Gasteiger partial charge < -0.3 is 19.5 Å². The third kappa shape index (κ3) is 3.83. The van der Waals surface area contributed by atoms with Crippen molar-refractivity contribution in [2.75, 3.05) is 12.9 Å². The van der Waals surface area contributed by atoms with Gasteiger partial charge in [-0.3, -0.25) is 0 Å². The van der Waals surface area contributed by atoms with Crippen molar-refractivity contribution in [2.24, 2.45) is 4.99 Å². The molecule has 1 unspecified atom stereocenters. The molecule has 1 aliphatic carbocycles. The first kappa shape index (κ1) is 24.6. The van der Waals surface area contributed by atoms with E-state index in [9.17, 15) is 18.6 Å². The number of rotatable bonds is 4. The molecule has 2 saturated heterocycles. The highest BCUT2D eigenvalue weighted by Gasteiger charge is 2.53. The van der Waals surface area contributed by atoms with E-state index >= 15 is 4.39 Å². The summed E-state index contributed by atoms with van der Waals surface area (Å²) in [5, 5.41) is 21.4. The highest BCUT2D eigenvalue weighted by molar-refractivity contribution is 7.88. The zero-order chi connectivity index (χ0) is 26.4. The lowest BCUT2D eigenvalue weighted by molar-refractivity contribution is 0.0124. The number of aromatic nitrogens is 4. The minimum atomic E-state index is -3.44. The van der Waals surface area contributed by atoms with Gasteiger partial charge in [-0.05, 0) is 26.3 Å². The molecule has 37 heavy (non-hydrogen) atoms. The van der Waals surface area contributed by atoms with Gasteiger partial charge in [0.15, 0.2) is 11.6 Å². The molecule has 5 heterocycles. The molecule has 2 bridgehead atoms. The third-order valence-electron chi connectivity index (χ3n) is 7.00. The van der Waals surface area contributed by atoms with Crippen LogP contribution in [0.1, 0.15) is 32.5 Å². The number of aliphatic imine (C=N–C) groups is 1. The van der Waals surface area contributed by atoms with Gasteiger partial charge in [-0.15, -0.1) is 0 Å². The zero-order valence-corrected chi connectivity index (χ0v) is 21.8. The maximum atomic E-state index is 15.3. The minimum Gasteiger partial charge on any atom is -0.489 e. The van der Waals surface area contributed by atoms with E-state index < -0.39 is 33.6 Å². The number of ether oxygens (including phenoxy) is 1. The summed E-state index contributed by atoms with van der Waals surface area (Å²) < 4.78 is 48.3. The molecule has 4 aliphatic rings. The van der Waals surface area contributed by atoms with Crippen molar-refractivity contribution in [3.8, 4) is 17.0 Å². The van der Waals surface area contributed by atoms with Gasteiger partial charge >= 0.3 is 0 Å². The zero-order valence-electron chi connectivity index (χ0n) is 20.2. The number of fused-ring (bicyclic) bond motifs is 2. The summed E-state index contributed by atoms with van der Waals surface area (Å²) in [6, 6.07) is 0.390. The summed E-state index contributed by atoms with van der Waals surface area (Å²) in [5.41, 5.74) is -0.00583. The SMILES string of the molecule is CC(C)(O)c1nc2c(F)cc(-c3nc(/N=C4\CC5C[C@H]([C@@H]4O)N5S(C)(=O)=O)ncc3Cl)c3c2n1CCO3. The van der Waals surface area contributed by atoms with Crippen LogP contribution in [0, 0.1) is 5.82 Å². The number of imidazole rings is 1. The van der Waals surface area contributed by atoms with Crippen molar-refractivity contribution < 1.29 is 27.8 Å². The highest BCUT2D eigenvalue weighted by Crippen LogP contribution is 2.44. The summed E-state index contributed by atoms with van der Waals surface area (Å²) in [6.45, 7) is 3.81. The number of sulfonamides is 1. The Morgan fingerprint density at radius 3 is 2.76 bits per heavy atom. The van der Waals surface area contributed by atoms with Gasteiger partial charge in [0, 0.05) is 18.0 Å². The summed E-state index contributed by atoms with van der Waals surface area (Å²) in [7, 11) is -3.44. The molecular weight excluding hydrogens is 527 g/mol. The van der Waals surface area contributed by atoms with Gasteiger partial charge in [0.05, 0.1) is 41.5 Å². The lowest BCUT2D eigenvalue weighted by atomic mass is 9.79. The maximum Gasteiger partial charge on any atom is 0.249 e. The normalized spacial score (nSPS) is 24.8. The Kier molecular flexibility index (Phi) is 5.42. The first-order valence-electron chi connectivity index (χ1n) is 11.7. The first-order valence-corrected chi connectivity index (χ1v) is 13.9. The second-order valence-corrected chi connectivity index (χ2v) is 12.4. The average molecular weight is 551 g/mol. The molecule has 11 nitrogen and oxygen atoms in total. The Bertz CT molecular complexity index is 1600. The molecule has 196 valence electrons. The minimum absolute atomic E-state index is 0.00476. The molecule has 14 heteroatoms. The van der Waals surface area contributed by atoms with Gasteiger partial charge in [0.25, 0.3) is 0 Å². The van der Waals surface area contributed by atoms with Crippen molar-refractivity contribution in [1.82, 2.24) is 23.8 Å². The fraction of sp³-hybridized carbons (Fsp3) is 0.478. The number of halogens is 2. The molecule has 3 fully saturated rings. The van der Waals surface area contributed by atoms with Crippen LogP contribution in [0.15, 0.2) is 17.3 Å². The fourth-order valence-electron chi connectivity index (χ4n) is 5.49. The molecule has 3 atom stereocenters. The predicted molar refractivity (Wildman–Crippen MR) is 133 cm³/mol. The van der Waals surface area contributed by atoms with Crippen LogP contribution in [0.2, 0.25) is 5.02 Å². The summed E-state index contributed by atoms with van der Waals surface area (Å²) in [6.07, 6.45) is 2.17. The number of benzene rings is 1. The van der Waals surface area contributed by atoms with Crippen LogP contribution in [0.25, 0.3) is 22.3 Å². The number of aliphatic hydroxyl groups is 2. The highest BCUT2D eigenvalue weighted by atomic mass is 35.5. The van der Waals surface area contributed by atoms with Crippen molar-refractivity contribution in [1.29, 1.82) is 0 Å². The molecule has 1 saturated carbocycles. The Hall–Kier alpha value is -2.71. The molecule has 1 aromatic carbocycles. The van der Waals surface area contributed by atoms with Crippen molar-refractivity contribution in [3.05, 3.63) is 28.9 Å². The smallest absolute Gasteiger partial charge is 0.249 e. The van der Waals surface area contributed by atoms with Crippen molar-refractivity contribution in [2.45, 2.75) is 57.0 Å². The molecule has 3 aliphatic heterocycles. The van der Waals surface area contributed by atoms with Gasteiger partial charge in [-0.1, -0.05) is 11.6 Å². The molecule has 2 N–H and O–H groups in total. The number of nitrogens with zero attached hydrogens (tertiary/aromatic N) is 6. The van der Waals surface area contributed by atoms with Crippen LogP contribution < -0.4 is 4.74 Å². The second-order valence-electron chi connectivity index (χ2n) is 10.1. The summed E-state index contributed by atoms with van der Waals surface area (Å²) in [5.74, 6) is 0.00844. The Balaban J connectivity index is 1.44. The van der Waals surface area contributed by atoms with Gasteiger partial charge in [-0.2, -0.15) is 4.31 Å². The van der Waals surface area contributed by atoms with Gasteiger partial charge in [0.2, 0.25) is 16.0 Å². The molecule has 3 aromatic rings. The topological polar surface area (TPSA) is 143 Å². The van der Waals surface area contributed by atoms with E-state index in [1.807, 2.05) is 0 Å². The van der Waals surface area contributed by atoms with E-state index in [0.717, 1.165) is 6.26 Å². The van der Waals surface area contributed by atoms with E-state index in [1.54, 1.807) is 18.4 Å². The van der Waals surface area contributed by atoms with Gasteiger partial charge in [-0.25, -0.2) is 32.8 Å². The van der Waals surface area contributed by atoms with E-state index in [0.29, 0.717) is 35.8 Å². The molecule has 7 rings (SSSR count). The Labute approximate surface area is 216 Å². The van der Waals surface area contributed by atoms with Crippen molar-refractivity contribution in [3.63, 3.8) is 0 Å². The molecule has 2 aromatic heterocycles. The Morgan fingerprint density at radius 2 is 2.08 bits per heavy atom. The Morgan fingerprint density at radius 1 is 1.32 bits per heavy atom. The van der Waals surface area contributed by atoms with Crippen LogP contribution >= 0.6 is 11.6 Å². The van der Waals surface area contributed by atoms with E-state index in [2.05, 4.69) is 19.9 Å². The second kappa shape index (κ2) is 8.14. The molecular formula is C23H24ClFN6O5S. The van der Waals surface area contributed by atoms with Gasteiger partial charge in [0.1, 0.15) is 35.2 Å². The summed E-state index contributed by atoms with van der Waals surface area (Å²) >= 11 is 6.43. The largest absolute Gasteiger partial charge is 0.489 e. The number of piperidine rings is 1. The number of hydrogen-bond acceptors (Lipinski definition) is 9. The molecule has 0 spiro atoms. The maximum absolute atomic E-state index is 15.3. The third-order valence-corrected chi connectivity index (χ3v) is 8.61. The van der Waals surface area contributed by atoms with E-state index in [4.69, 9.17) is 16.3 Å². The molecule has 0 amide bonds. The number of hydrogen-bond donors (Lipinski definition) is 2. The fourth-order valence-corrected chi connectivity index (χ4v) is 7.07. The van der Waals surface area contributed by atoms with Crippen LogP contribution in [0.5, 0.6) is 5.75 Å². The number of aliphatic hydroxyl groups excluding tert-OH is 1. The van der Waals surface area contributed by atoms with Crippen LogP contribution in [0.4, 0.5) is 10.3 Å². The standard InChI is InChI=1S/C23H24ClFN6O5S/c1-23(2,33)21-28-17-13(25)8-11(20-18(17)30(21)4-5-36-20)16-12(24)9-26-22(29-16)27-14-6-10-7-15(19(14)32)31(10)37(3,34)35/h8-10,15,19,32-33H,4-7H2,1-3H3/b27-14+/t10?,15-,19-/m1/s1. The van der Waals surface area contributed by atoms with Crippen LogP contribution in [-0.4, -0.2) is 79.2 Å².